The first-order valence-corrected chi connectivity index (χ1v) is 6.54. The predicted octanol–water partition coefficient (Wildman–Crippen LogP) is 1.42. The van der Waals surface area contributed by atoms with Gasteiger partial charge in [0.15, 0.2) is 17.3 Å². The van der Waals surface area contributed by atoms with Crippen molar-refractivity contribution in [1.82, 2.24) is 20.1 Å². The van der Waals surface area contributed by atoms with Crippen LogP contribution in [0.25, 0.3) is 0 Å². The molecule has 0 N–H and O–H groups in total. The van der Waals surface area contributed by atoms with E-state index in [4.69, 9.17) is 9.78 Å². The van der Waals surface area contributed by atoms with Gasteiger partial charge in [-0.15, -0.1) is 0 Å². The van der Waals surface area contributed by atoms with Crippen molar-refractivity contribution in [3.63, 3.8) is 0 Å². The molecule has 3 heterocycles. The number of hydrogen-bond acceptors (Lipinski definition) is 7. The van der Waals surface area contributed by atoms with Crippen molar-refractivity contribution >= 4 is 5.82 Å². The molecule has 1 fully saturated rings. The van der Waals surface area contributed by atoms with Gasteiger partial charge in [0.2, 0.25) is 5.89 Å². The molecule has 2 aromatic rings. The number of aryl methyl sites for hydroxylation is 1. The number of hydrogen-bond donors (Lipinski definition) is 0. The Morgan fingerprint density at radius 1 is 1.30 bits per heavy atom. The lowest BCUT2D eigenvalue weighted by Crippen LogP contribution is -2.34. The number of rotatable bonds is 2. The molecular formula is C13H14N6O. The molecule has 1 aliphatic heterocycles. The second-order valence-electron chi connectivity index (χ2n) is 4.77. The second-order valence-corrected chi connectivity index (χ2v) is 4.77. The van der Waals surface area contributed by atoms with E-state index in [1.165, 1.54) is 6.20 Å². The first-order chi connectivity index (χ1) is 9.78. The first kappa shape index (κ1) is 12.5. The molecule has 0 spiro atoms. The van der Waals surface area contributed by atoms with Crippen LogP contribution in [0.5, 0.6) is 0 Å². The summed E-state index contributed by atoms with van der Waals surface area (Å²) in [5.74, 6) is 2.36. The maximum atomic E-state index is 9.07. The molecular weight excluding hydrogens is 256 g/mol. The fourth-order valence-electron chi connectivity index (χ4n) is 2.47. The van der Waals surface area contributed by atoms with Gasteiger partial charge in [-0.05, 0) is 12.8 Å². The summed E-state index contributed by atoms with van der Waals surface area (Å²) < 4.78 is 5.03. The quantitative estimate of drug-likeness (QED) is 0.814. The summed E-state index contributed by atoms with van der Waals surface area (Å²) in [6, 6.07) is 2.08. The zero-order valence-corrected chi connectivity index (χ0v) is 11.2. The Bertz CT molecular complexity index is 638. The zero-order chi connectivity index (χ0) is 13.9. The molecule has 0 amide bonds. The van der Waals surface area contributed by atoms with Crippen molar-refractivity contribution in [1.29, 1.82) is 5.26 Å². The number of nitrogens with zero attached hydrogens (tertiary/aromatic N) is 6. The van der Waals surface area contributed by atoms with E-state index in [1.54, 1.807) is 13.1 Å². The van der Waals surface area contributed by atoms with Crippen molar-refractivity contribution < 1.29 is 4.52 Å². The van der Waals surface area contributed by atoms with E-state index in [-0.39, 0.29) is 0 Å². The molecule has 0 bridgehead atoms. The molecule has 0 unspecified atom stereocenters. The lowest BCUT2D eigenvalue weighted by molar-refractivity contribution is 0.375. The standard InChI is InChI=1S/C13H14N6O/c1-9-17-12(18-20-9)10-2-6-19(7-3-10)13-11(8-14)15-4-5-16-13/h4-5,10H,2-3,6-7H2,1H3. The normalized spacial score (nSPS) is 16.1. The van der Waals surface area contributed by atoms with Crippen LogP contribution < -0.4 is 4.90 Å². The Morgan fingerprint density at radius 2 is 2.05 bits per heavy atom. The minimum absolute atomic E-state index is 0.311. The smallest absolute Gasteiger partial charge is 0.223 e. The highest BCUT2D eigenvalue weighted by Gasteiger charge is 2.26. The lowest BCUT2D eigenvalue weighted by Gasteiger charge is -2.31. The van der Waals surface area contributed by atoms with Gasteiger partial charge in [0.1, 0.15) is 6.07 Å². The number of aromatic nitrogens is 4. The van der Waals surface area contributed by atoms with Crippen LogP contribution in [0.15, 0.2) is 16.9 Å². The van der Waals surface area contributed by atoms with Crippen LogP contribution in [0.4, 0.5) is 5.82 Å². The topological polar surface area (TPSA) is 91.7 Å². The van der Waals surface area contributed by atoms with Crippen molar-refractivity contribution in [2.75, 3.05) is 18.0 Å². The lowest BCUT2D eigenvalue weighted by atomic mass is 9.96. The van der Waals surface area contributed by atoms with Gasteiger partial charge in [0.25, 0.3) is 0 Å². The van der Waals surface area contributed by atoms with Gasteiger partial charge in [0.05, 0.1) is 0 Å². The summed E-state index contributed by atoms with van der Waals surface area (Å²) >= 11 is 0. The molecule has 7 heteroatoms. The highest BCUT2D eigenvalue weighted by Crippen LogP contribution is 2.28. The second kappa shape index (κ2) is 5.25. The SMILES string of the molecule is Cc1nc(C2CCN(c3nccnc3C#N)CC2)no1. The Morgan fingerprint density at radius 3 is 2.70 bits per heavy atom. The zero-order valence-electron chi connectivity index (χ0n) is 11.2. The summed E-state index contributed by atoms with van der Waals surface area (Å²) in [7, 11) is 0. The molecule has 1 saturated heterocycles. The molecule has 1 aliphatic rings. The van der Waals surface area contributed by atoms with Crippen LogP contribution in [-0.2, 0) is 0 Å². The third-order valence-corrected chi connectivity index (χ3v) is 3.49. The van der Waals surface area contributed by atoms with E-state index in [0.717, 1.165) is 31.8 Å². The van der Waals surface area contributed by atoms with Crippen LogP contribution in [0, 0.1) is 18.3 Å². The fraction of sp³-hybridized carbons (Fsp3) is 0.462. The van der Waals surface area contributed by atoms with E-state index in [2.05, 4.69) is 31.1 Å². The minimum atomic E-state index is 0.311. The third kappa shape index (κ3) is 2.32. The fourth-order valence-corrected chi connectivity index (χ4v) is 2.47. The molecule has 0 saturated carbocycles. The third-order valence-electron chi connectivity index (χ3n) is 3.49. The Hall–Kier alpha value is -2.49. The summed E-state index contributed by atoms with van der Waals surface area (Å²) in [5.41, 5.74) is 0.376. The van der Waals surface area contributed by atoms with Gasteiger partial charge in [0, 0.05) is 38.3 Å². The van der Waals surface area contributed by atoms with Crippen molar-refractivity contribution in [2.24, 2.45) is 0 Å². The van der Waals surface area contributed by atoms with E-state index < -0.39 is 0 Å². The number of anilines is 1. The Kier molecular flexibility index (Phi) is 3.29. The Labute approximate surface area is 116 Å². The summed E-state index contributed by atoms with van der Waals surface area (Å²) in [6.07, 6.45) is 4.99. The largest absolute Gasteiger partial charge is 0.354 e. The number of piperidine rings is 1. The maximum absolute atomic E-state index is 9.07. The highest BCUT2D eigenvalue weighted by atomic mass is 16.5. The van der Waals surface area contributed by atoms with Crippen LogP contribution in [0.3, 0.4) is 0 Å². The molecule has 2 aromatic heterocycles. The van der Waals surface area contributed by atoms with Crippen molar-refractivity contribution in [2.45, 2.75) is 25.7 Å². The molecule has 0 radical (unpaired) electrons. The molecule has 3 rings (SSSR count). The van der Waals surface area contributed by atoms with Gasteiger partial charge in [-0.2, -0.15) is 10.2 Å². The summed E-state index contributed by atoms with van der Waals surface area (Å²) in [4.78, 5) is 14.7. The maximum Gasteiger partial charge on any atom is 0.223 e. The average molecular weight is 270 g/mol. The van der Waals surface area contributed by atoms with Gasteiger partial charge in [-0.25, -0.2) is 9.97 Å². The highest BCUT2D eigenvalue weighted by molar-refractivity contribution is 5.49. The van der Waals surface area contributed by atoms with E-state index in [0.29, 0.717) is 23.3 Å². The van der Waals surface area contributed by atoms with Crippen LogP contribution in [0.1, 0.15) is 36.2 Å². The average Bonchev–Trinajstić information content (AvgIpc) is 2.94. The van der Waals surface area contributed by atoms with Crippen LogP contribution >= 0.6 is 0 Å². The van der Waals surface area contributed by atoms with Gasteiger partial charge in [-0.1, -0.05) is 5.16 Å². The molecule has 0 atom stereocenters. The molecule has 0 aromatic carbocycles. The van der Waals surface area contributed by atoms with Gasteiger partial charge in [-0.3, -0.25) is 0 Å². The first-order valence-electron chi connectivity index (χ1n) is 6.54. The van der Waals surface area contributed by atoms with Crippen molar-refractivity contribution in [3.05, 3.63) is 29.8 Å². The summed E-state index contributed by atoms with van der Waals surface area (Å²) in [5, 5.41) is 13.1. The van der Waals surface area contributed by atoms with Crippen LogP contribution in [0.2, 0.25) is 0 Å². The Balaban J connectivity index is 1.71. The monoisotopic (exact) mass is 270 g/mol. The van der Waals surface area contributed by atoms with Gasteiger partial charge >= 0.3 is 0 Å². The number of nitriles is 1. The molecule has 0 aliphatic carbocycles. The molecule has 7 nitrogen and oxygen atoms in total. The predicted molar refractivity (Wildman–Crippen MR) is 70.0 cm³/mol. The van der Waals surface area contributed by atoms with Crippen molar-refractivity contribution in [3.8, 4) is 6.07 Å². The molecule has 20 heavy (non-hydrogen) atoms. The minimum Gasteiger partial charge on any atom is -0.354 e. The van der Waals surface area contributed by atoms with Gasteiger partial charge < -0.3 is 9.42 Å². The van der Waals surface area contributed by atoms with E-state index in [1.807, 2.05) is 0 Å². The van der Waals surface area contributed by atoms with Crippen LogP contribution in [-0.4, -0.2) is 33.2 Å². The molecule has 102 valence electrons. The van der Waals surface area contributed by atoms with E-state index in [9.17, 15) is 0 Å². The van der Waals surface area contributed by atoms with E-state index >= 15 is 0 Å². The summed E-state index contributed by atoms with van der Waals surface area (Å²) in [6.45, 7) is 3.42.